The van der Waals surface area contributed by atoms with Gasteiger partial charge in [-0.05, 0) is 65.8 Å². The van der Waals surface area contributed by atoms with Crippen molar-refractivity contribution in [2.75, 3.05) is 13.7 Å². The Morgan fingerprint density at radius 1 is 1.33 bits per heavy atom. The molecular weight excluding hydrogens is 419 g/mol. The first-order chi connectivity index (χ1) is 11.6. The number of carbonyl (C=O) groups is 1. The molecule has 0 fully saturated rings. The molecular formula is C18H19IN2O3. The number of methoxy groups -OCH3 is 1. The van der Waals surface area contributed by atoms with Crippen LogP contribution in [0.5, 0.6) is 11.5 Å². The zero-order valence-corrected chi connectivity index (χ0v) is 16.0. The summed E-state index contributed by atoms with van der Waals surface area (Å²) in [7, 11) is 1.59. The normalized spacial score (nSPS) is 10.7. The molecule has 5 nitrogen and oxygen atoms in total. The number of hydrogen-bond donors (Lipinski definition) is 1. The number of carbonyl (C=O) groups excluding carboxylic acids is 1. The summed E-state index contributed by atoms with van der Waals surface area (Å²) in [4.78, 5) is 12.1. The fraction of sp³-hybridized carbons (Fsp3) is 0.222. The van der Waals surface area contributed by atoms with Crippen LogP contribution in [-0.4, -0.2) is 25.8 Å². The van der Waals surface area contributed by atoms with Crippen LogP contribution < -0.4 is 14.9 Å². The van der Waals surface area contributed by atoms with E-state index in [1.54, 1.807) is 19.4 Å². The van der Waals surface area contributed by atoms with Gasteiger partial charge in [-0.3, -0.25) is 4.79 Å². The van der Waals surface area contributed by atoms with Crippen LogP contribution in [0.2, 0.25) is 0 Å². The van der Waals surface area contributed by atoms with Crippen molar-refractivity contribution in [3.63, 3.8) is 0 Å². The van der Waals surface area contributed by atoms with Crippen molar-refractivity contribution in [2.45, 2.75) is 13.8 Å². The summed E-state index contributed by atoms with van der Waals surface area (Å²) in [5, 5.41) is 4.03. The van der Waals surface area contributed by atoms with Crippen molar-refractivity contribution in [2.24, 2.45) is 5.10 Å². The van der Waals surface area contributed by atoms with Crippen molar-refractivity contribution >= 4 is 34.7 Å². The summed E-state index contributed by atoms with van der Waals surface area (Å²) in [5.41, 5.74) is 4.86. The molecule has 0 spiro atoms. The summed E-state index contributed by atoms with van der Waals surface area (Å²) in [6, 6.07) is 11.1. The number of hydrogen-bond acceptors (Lipinski definition) is 4. The molecule has 0 aliphatic heterocycles. The lowest BCUT2D eigenvalue weighted by molar-refractivity contribution is 0.0954. The van der Waals surface area contributed by atoms with E-state index in [0.29, 0.717) is 23.7 Å². The van der Waals surface area contributed by atoms with E-state index in [9.17, 15) is 4.79 Å². The third-order valence-corrected chi connectivity index (χ3v) is 4.11. The fourth-order valence-corrected chi connectivity index (χ4v) is 2.93. The first-order valence-corrected chi connectivity index (χ1v) is 8.54. The summed E-state index contributed by atoms with van der Waals surface area (Å²) >= 11 is 2.18. The maximum atomic E-state index is 12.1. The van der Waals surface area contributed by atoms with Gasteiger partial charge in [-0.1, -0.05) is 18.2 Å². The minimum atomic E-state index is -0.239. The molecule has 0 radical (unpaired) electrons. The number of halogens is 1. The van der Waals surface area contributed by atoms with Crippen molar-refractivity contribution in [1.82, 2.24) is 5.43 Å². The second-order valence-corrected chi connectivity index (χ2v) is 6.14. The van der Waals surface area contributed by atoms with Crippen LogP contribution in [0.3, 0.4) is 0 Å². The number of nitrogens with one attached hydrogen (secondary N) is 1. The van der Waals surface area contributed by atoms with Crippen molar-refractivity contribution in [3.8, 4) is 11.5 Å². The van der Waals surface area contributed by atoms with Crippen LogP contribution in [0.15, 0.2) is 41.5 Å². The van der Waals surface area contributed by atoms with E-state index in [1.165, 1.54) is 0 Å². The topological polar surface area (TPSA) is 59.9 Å². The van der Waals surface area contributed by atoms with Crippen LogP contribution in [-0.2, 0) is 0 Å². The summed E-state index contributed by atoms with van der Waals surface area (Å²) in [5.74, 6) is 1.11. The van der Waals surface area contributed by atoms with Gasteiger partial charge in [-0.2, -0.15) is 5.10 Å². The molecule has 0 unspecified atom stereocenters. The molecule has 0 aromatic heterocycles. The van der Waals surface area contributed by atoms with Crippen LogP contribution in [0.25, 0.3) is 0 Å². The van der Waals surface area contributed by atoms with Gasteiger partial charge in [0.15, 0.2) is 11.5 Å². The number of aryl methyl sites for hydroxylation is 1. The lowest BCUT2D eigenvalue weighted by atomic mass is 10.1. The second kappa shape index (κ2) is 8.68. The average Bonchev–Trinajstić information content (AvgIpc) is 2.57. The van der Waals surface area contributed by atoms with Gasteiger partial charge in [-0.25, -0.2) is 5.43 Å². The van der Waals surface area contributed by atoms with Crippen molar-refractivity contribution < 1.29 is 14.3 Å². The highest BCUT2D eigenvalue weighted by molar-refractivity contribution is 14.1. The Morgan fingerprint density at radius 3 is 2.75 bits per heavy atom. The summed E-state index contributed by atoms with van der Waals surface area (Å²) < 4.78 is 11.9. The van der Waals surface area contributed by atoms with Gasteiger partial charge in [0.2, 0.25) is 0 Å². The average molecular weight is 438 g/mol. The number of benzene rings is 2. The first kappa shape index (κ1) is 18.3. The fourth-order valence-electron chi connectivity index (χ4n) is 2.15. The van der Waals surface area contributed by atoms with Crippen LogP contribution in [0, 0.1) is 10.5 Å². The lowest BCUT2D eigenvalue weighted by Crippen LogP contribution is -2.18. The van der Waals surface area contributed by atoms with Crippen LogP contribution >= 0.6 is 22.6 Å². The highest BCUT2D eigenvalue weighted by Gasteiger charge is 2.11. The molecule has 0 aliphatic rings. The molecule has 0 atom stereocenters. The molecule has 0 aliphatic carbocycles. The van der Waals surface area contributed by atoms with E-state index in [2.05, 4.69) is 33.1 Å². The minimum Gasteiger partial charge on any atom is -0.493 e. The van der Waals surface area contributed by atoms with E-state index < -0.39 is 0 Å². The predicted octanol–water partition coefficient (Wildman–Crippen LogP) is 3.77. The van der Waals surface area contributed by atoms with Gasteiger partial charge in [0.1, 0.15) is 0 Å². The quantitative estimate of drug-likeness (QED) is 0.425. The Balaban J connectivity index is 2.13. The Bertz CT molecular complexity index is 760. The highest BCUT2D eigenvalue weighted by Crippen LogP contribution is 2.33. The Morgan fingerprint density at radius 2 is 2.08 bits per heavy atom. The van der Waals surface area contributed by atoms with Crippen LogP contribution in [0.1, 0.15) is 28.4 Å². The third kappa shape index (κ3) is 4.47. The molecule has 2 rings (SSSR count). The minimum absolute atomic E-state index is 0.239. The smallest absolute Gasteiger partial charge is 0.271 e. The number of ether oxygens (including phenoxy) is 2. The largest absolute Gasteiger partial charge is 0.493 e. The lowest BCUT2D eigenvalue weighted by Gasteiger charge is -2.12. The van der Waals surface area contributed by atoms with Gasteiger partial charge in [-0.15, -0.1) is 0 Å². The van der Waals surface area contributed by atoms with E-state index in [-0.39, 0.29) is 5.91 Å². The monoisotopic (exact) mass is 438 g/mol. The Labute approximate surface area is 155 Å². The Hall–Kier alpha value is -2.09. The molecule has 2 aromatic carbocycles. The maximum Gasteiger partial charge on any atom is 0.271 e. The maximum absolute atomic E-state index is 12.1. The SMILES string of the molecule is CCOc1c(I)cc(/C=N/NC(=O)c2ccccc2C)cc1OC. The van der Waals surface area contributed by atoms with Gasteiger partial charge in [0.05, 0.1) is 23.5 Å². The van der Waals surface area contributed by atoms with Crippen molar-refractivity contribution in [3.05, 3.63) is 56.7 Å². The number of amides is 1. The summed E-state index contributed by atoms with van der Waals surface area (Å²) in [6.07, 6.45) is 1.58. The van der Waals surface area contributed by atoms with Gasteiger partial charge < -0.3 is 9.47 Å². The molecule has 6 heteroatoms. The van der Waals surface area contributed by atoms with Gasteiger partial charge in [0.25, 0.3) is 5.91 Å². The van der Waals surface area contributed by atoms with E-state index >= 15 is 0 Å². The highest BCUT2D eigenvalue weighted by atomic mass is 127. The molecule has 1 N–H and O–H groups in total. The molecule has 0 heterocycles. The van der Waals surface area contributed by atoms with Crippen LogP contribution in [0.4, 0.5) is 0 Å². The molecule has 1 amide bonds. The number of rotatable bonds is 6. The van der Waals surface area contributed by atoms with E-state index in [4.69, 9.17) is 9.47 Å². The van der Waals surface area contributed by atoms with E-state index in [1.807, 2.05) is 44.2 Å². The number of hydrazone groups is 1. The van der Waals surface area contributed by atoms with Gasteiger partial charge >= 0.3 is 0 Å². The molecule has 0 saturated heterocycles. The molecule has 0 saturated carbocycles. The molecule has 0 bridgehead atoms. The van der Waals surface area contributed by atoms with Gasteiger partial charge in [0, 0.05) is 5.56 Å². The zero-order valence-electron chi connectivity index (χ0n) is 13.8. The number of nitrogens with zero attached hydrogens (tertiary/aromatic N) is 1. The third-order valence-electron chi connectivity index (χ3n) is 3.31. The first-order valence-electron chi connectivity index (χ1n) is 7.46. The molecule has 126 valence electrons. The predicted molar refractivity (Wildman–Crippen MR) is 103 cm³/mol. The van der Waals surface area contributed by atoms with Crippen molar-refractivity contribution in [1.29, 1.82) is 0 Å². The summed E-state index contributed by atoms with van der Waals surface area (Å²) in [6.45, 7) is 4.37. The Kier molecular flexibility index (Phi) is 6.60. The second-order valence-electron chi connectivity index (χ2n) is 4.98. The zero-order chi connectivity index (χ0) is 17.5. The molecule has 2 aromatic rings. The standard InChI is InChI=1S/C18H19IN2O3/c1-4-24-17-15(19)9-13(10-16(17)23-3)11-20-21-18(22)14-8-6-5-7-12(14)2/h5-11H,4H2,1-3H3,(H,21,22)/b20-11+. The van der Waals surface area contributed by atoms with E-state index in [0.717, 1.165) is 14.7 Å². The molecule has 24 heavy (non-hydrogen) atoms.